The number of hydrogen-bond donors (Lipinski definition) is 2. The van der Waals surface area contributed by atoms with Gasteiger partial charge in [-0.25, -0.2) is 0 Å². The first-order chi connectivity index (χ1) is 12.2. The van der Waals surface area contributed by atoms with Gasteiger partial charge in [-0.2, -0.15) is 10.1 Å². The first-order valence-electron chi connectivity index (χ1n) is 7.78. The lowest BCUT2D eigenvalue weighted by Crippen LogP contribution is -2.08. The molecule has 3 aromatic rings. The highest BCUT2D eigenvalue weighted by atomic mass is 35.5. The molecule has 0 saturated heterocycles. The van der Waals surface area contributed by atoms with E-state index in [0.29, 0.717) is 29.9 Å². The molecule has 2 aromatic carbocycles. The summed E-state index contributed by atoms with van der Waals surface area (Å²) in [5.74, 6) is 1.96. The Morgan fingerprint density at radius 2 is 1.56 bits per heavy atom. The fraction of sp³-hybridized carbons (Fsp3) is 0.167. The third-order valence-electron chi connectivity index (χ3n) is 3.56. The molecule has 3 rings (SSSR count). The Morgan fingerprint density at radius 1 is 0.920 bits per heavy atom. The van der Waals surface area contributed by atoms with Crippen LogP contribution in [0.3, 0.4) is 0 Å². The highest BCUT2D eigenvalue weighted by Gasteiger charge is 2.02. The lowest BCUT2D eigenvalue weighted by Gasteiger charge is -2.08. The molecule has 0 saturated carbocycles. The molecule has 0 fully saturated rings. The van der Waals surface area contributed by atoms with Gasteiger partial charge in [-0.3, -0.25) is 0 Å². The van der Waals surface area contributed by atoms with Crippen LogP contribution in [0.2, 0.25) is 5.02 Å². The average Bonchev–Trinajstić information content (AvgIpc) is 2.67. The van der Waals surface area contributed by atoms with Crippen molar-refractivity contribution in [1.82, 2.24) is 15.2 Å². The third kappa shape index (κ3) is 5.06. The Labute approximate surface area is 151 Å². The smallest absolute Gasteiger partial charge is 0.244 e. The van der Waals surface area contributed by atoms with Crippen molar-refractivity contribution in [2.24, 2.45) is 0 Å². The van der Waals surface area contributed by atoms with Gasteiger partial charge < -0.3 is 15.4 Å². The summed E-state index contributed by atoms with van der Waals surface area (Å²) in [6, 6.07) is 15.5. The molecular formula is C18H18ClN5O. The van der Waals surface area contributed by atoms with E-state index in [2.05, 4.69) is 25.8 Å². The number of benzene rings is 2. The maximum atomic E-state index is 5.88. The van der Waals surface area contributed by atoms with Crippen LogP contribution >= 0.6 is 11.6 Å². The average molecular weight is 356 g/mol. The van der Waals surface area contributed by atoms with Gasteiger partial charge in [-0.1, -0.05) is 35.9 Å². The van der Waals surface area contributed by atoms with Crippen LogP contribution in [0.4, 0.5) is 11.8 Å². The van der Waals surface area contributed by atoms with Crippen LogP contribution in [0.25, 0.3) is 0 Å². The van der Waals surface area contributed by atoms with E-state index in [4.69, 9.17) is 16.3 Å². The maximum Gasteiger partial charge on any atom is 0.244 e. The number of methoxy groups -OCH3 is 1. The Bertz CT molecular complexity index is 808. The van der Waals surface area contributed by atoms with Crippen LogP contribution in [-0.4, -0.2) is 22.3 Å². The summed E-state index contributed by atoms with van der Waals surface area (Å²) < 4.78 is 5.15. The quantitative estimate of drug-likeness (QED) is 0.672. The fourth-order valence-electron chi connectivity index (χ4n) is 2.18. The highest BCUT2D eigenvalue weighted by Crippen LogP contribution is 2.13. The molecule has 2 N–H and O–H groups in total. The second-order valence-electron chi connectivity index (χ2n) is 5.35. The number of nitrogens with one attached hydrogen (secondary N) is 2. The van der Waals surface area contributed by atoms with Gasteiger partial charge >= 0.3 is 0 Å². The van der Waals surface area contributed by atoms with Gasteiger partial charge in [0.2, 0.25) is 5.95 Å². The maximum absolute atomic E-state index is 5.88. The third-order valence-corrected chi connectivity index (χ3v) is 3.81. The number of ether oxygens (including phenoxy) is 1. The predicted octanol–water partition coefficient (Wildman–Crippen LogP) is 3.76. The summed E-state index contributed by atoms with van der Waals surface area (Å²) in [6.45, 7) is 1.24. The van der Waals surface area contributed by atoms with Gasteiger partial charge in [0.1, 0.15) is 5.75 Å². The predicted molar refractivity (Wildman–Crippen MR) is 98.9 cm³/mol. The zero-order valence-electron chi connectivity index (χ0n) is 13.7. The van der Waals surface area contributed by atoms with E-state index in [-0.39, 0.29) is 0 Å². The van der Waals surface area contributed by atoms with Crippen molar-refractivity contribution in [3.05, 3.63) is 70.9 Å². The van der Waals surface area contributed by atoms with E-state index in [1.54, 1.807) is 13.3 Å². The van der Waals surface area contributed by atoms with Crippen molar-refractivity contribution in [1.29, 1.82) is 0 Å². The molecule has 25 heavy (non-hydrogen) atoms. The minimum atomic E-state index is 0.467. The number of hydrogen-bond acceptors (Lipinski definition) is 6. The molecular weight excluding hydrogens is 338 g/mol. The molecule has 0 bridgehead atoms. The van der Waals surface area contributed by atoms with Gasteiger partial charge in [0, 0.05) is 18.1 Å². The molecule has 0 radical (unpaired) electrons. The summed E-state index contributed by atoms with van der Waals surface area (Å²) >= 11 is 5.88. The topological polar surface area (TPSA) is 72.0 Å². The van der Waals surface area contributed by atoms with Crippen molar-refractivity contribution < 1.29 is 4.74 Å². The van der Waals surface area contributed by atoms with E-state index in [0.717, 1.165) is 16.9 Å². The van der Waals surface area contributed by atoms with E-state index in [9.17, 15) is 0 Å². The largest absolute Gasteiger partial charge is 0.497 e. The van der Waals surface area contributed by atoms with Crippen LogP contribution in [0.1, 0.15) is 11.1 Å². The van der Waals surface area contributed by atoms with Crippen LogP contribution < -0.4 is 15.4 Å². The van der Waals surface area contributed by atoms with Crippen molar-refractivity contribution in [2.45, 2.75) is 13.1 Å². The Balaban J connectivity index is 1.56. The van der Waals surface area contributed by atoms with E-state index in [1.807, 2.05) is 48.5 Å². The number of aromatic nitrogens is 3. The molecule has 0 aliphatic rings. The number of halogens is 1. The molecule has 128 valence electrons. The van der Waals surface area contributed by atoms with Crippen LogP contribution in [0.15, 0.2) is 54.7 Å². The van der Waals surface area contributed by atoms with Crippen molar-refractivity contribution in [2.75, 3.05) is 17.7 Å². The van der Waals surface area contributed by atoms with Crippen LogP contribution in [0, 0.1) is 0 Å². The summed E-state index contributed by atoms with van der Waals surface area (Å²) in [5, 5.41) is 15.1. The van der Waals surface area contributed by atoms with Crippen molar-refractivity contribution >= 4 is 23.4 Å². The molecule has 0 atom stereocenters. The normalized spacial score (nSPS) is 10.3. The lowest BCUT2D eigenvalue weighted by molar-refractivity contribution is 0.414. The number of anilines is 2. The molecule has 7 heteroatoms. The van der Waals surface area contributed by atoms with Crippen molar-refractivity contribution in [3.8, 4) is 5.75 Å². The van der Waals surface area contributed by atoms with Gasteiger partial charge in [-0.05, 0) is 35.4 Å². The SMILES string of the molecule is COc1ccc(CNc2cnnc(NCc3ccc(Cl)cc3)n2)cc1. The second-order valence-corrected chi connectivity index (χ2v) is 5.78. The summed E-state index contributed by atoms with van der Waals surface area (Å²) in [4.78, 5) is 4.41. The molecule has 0 aliphatic carbocycles. The first kappa shape index (κ1) is 17.0. The van der Waals surface area contributed by atoms with Gasteiger partial charge in [0.15, 0.2) is 5.82 Å². The van der Waals surface area contributed by atoms with Crippen LogP contribution in [0.5, 0.6) is 5.75 Å². The standard InChI is InChI=1S/C18H18ClN5O/c1-25-16-8-4-14(5-9-16)10-20-17-12-22-24-18(23-17)21-11-13-2-6-15(19)7-3-13/h2-9,12H,10-11H2,1H3,(H2,20,21,23,24). The molecule has 0 aliphatic heterocycles. The second kappa shape index (κ2) is 8.30. The molecule has 6 nitrogen and oxygen atoms in total. The first-order valence-corrected chi connectivity index (χ1v) is 8.15. The van der Waals surface area contributed by atoms with Gasteiger partial charge in [0.25, 0.3) is 0 Å². The van der Waals surface area contributed by atoms with E-state index < -0.39 is 0 Å². The van der Waals surface area contributed by atoms with Crippen molar-refractivity contribution in [3.63, 3.8) is 0 Å². The number of nitrogens with zero attached hydrogens (tertiary/aromatic N) is 3. The van der Waals surface area contributed by atoms with Gasteiger partial charge in [0.05, 0.1) is 13.3 Å². The molecule has 1 aromatic heterocycles. The lowest BCUT2D eigenvalue weighted by atomic mass is 10.2. The summed E-state index contributed by atoms with van der Waals surface area (Å²) in [6.07, 6.45) is 1.59. The Kier molecular flexibility index (Phi) is 5.64. The minimum Gasteiger partial charge on any atom is -0.497 e. The Hall–Kier alpha value is -2.86. The molecule has 0 amide bonds. The fourth-order valence-corrected chi connectivity index (χ4v) is 2.31. The summed E-state index contributed by atoms with van der Waals surface area (Å²) in [7, 11) is 1.65. The highest BCUT2D eigenvalue weighted by molar-refractivity contribution is 6.30. The molecule has 0 spiro atoms. The van der Waals surface area contributed by atoms with E-state index >= 15 is 0 Å². The molecule has 0 unspecified atom stereocenters. The van der Waals surface area contributed by atoms with E-state index in [1.165, 1.54) is 0 Å². The molecule has 1 heterocycles. The summed E-state index contributed by atoms with van der Waals surface area (Å²) in [5.41, 5.74) is 2.21. The minimum absolute atomic E-state index is 0.467. The zero-order valence-corrected chi connectivity index (χ0v) is 14.5. The monoisotopic (exact) mass is 355 g/mol. The zero-order chi connectivity index (χ0) is 17.5. The van der Waals surface area contributed by atoms with Gasteiger partial charge in [-0.15, -0.1) is 5.10 Å². The van der Waals surface area contributed by atoms with Crippen LogP contribution in [-0.2, 0) is 13.1 Å². The number of rotatable bonds is 7. The Morgan fingerprint density at radius 3 is 2.24 bits per heavy atom.